The van der Waals surface area contributed by atoms with Gasteiger partial charge < -0.3 is 20.1 Å². The third-order valence-corrected chi connectivity index (χ3v) is 2.43. The molecule has 1 saturated heterocycles. The van der Waals surface area contributed by atoms with E-state index in [4.69, 9.17) is 9.47 Å². The van der Waals surface area contributed by atoms with Gasteiger partial charge in [-0.15, -0.1) is 0 Å². The fourth-order valence-corrected chi connectivity index (χ4v) is 1.56. The first kappa shape index (κ1) is 13.3. The maximum Gasteiger partial charge on any atom is 0.407 e. The molecule has 0 spiro atoms. The van der Waals surface area contributed by atoms with Crippen LogP contribution in [0.2, 0.25) is 0 Å². The zero-order chi connectivity index (χ0) is 11.8. The molecule has 2 atom stereocenters. The standard InChI is InChI=1S/C11H22N2O3/c1-3-4-5-13-11(14)15-8-10-7-12-6-9(2)16-10/h9-10,12H,3-8H2,1-2H3,(H,13,14). The second-order valence-corrected chi connectivity index (χ2v) is 4.11. The number of alkyl carbamates (subject to hydrolysis) is 1. The molecule has 5 heteroatoms. The molecule has 0 aromatic rings. The van der Waals surface area contributed by atoms with Crippen LogP contribution >= 0.6 is 0 Å². The number of carbonyl (C=O) groups excluding carboxylic acids is 1. The Morgan fingerprint density at radius 3 is 3.06 bits per heavy atom. The summed E-state index contributed by atoms with van der Waals surface area (Å²) in [6.45, 7) is 6.67. The Bertz CT molecular complexity index is 211. The number of nitrogens with one attached hydrogen (secondary N) is 2. The molecule has 0 aromatic carbocycles. The summed E-state index contributed by atoms with van der Waals surface area (Å²) in [5.74, 6) is 0. The highest BCUT2D eigenvalue weighted by atomic mass is 16.6. The summed E-state index contributed by atoms with van der Waals surface area (Å²) >= 11 is 0. The van der Waals surface area contributed by atoms with Gasteiger partial charge in [-0.1, -0.05) is 13.3 Å². The monoisotopic (exact) mass is 230 g/mol. The summed E-state index contributed by atoms with van der Waals surface area (Å²) in [4.78, 5) is 11.2. The third-order valence-electron chi connectivity index (χ3n) is 2.43. The van der Waals surface area contributed by atoms with Gasteiger partial charge in [-0.25, -0.2) is 4.79 Å². The van der Waals surface area contributed by atoms with Crippen molar-refractivity contribution in [2.45, 2.75) is 38.9 Å². The Balaban J connectivity index is 2.06. The number of hydrogen-bond donors (Lipinski definition) is 2. The third kappa shape index (κ3) is 5.32. The molecule has 0 aromatic heterocycles. The molecule has 1 aliphatic heterocycles. The Hall–Kier alpha value is -0.810. The summed E-state index contributed by atoms with van der Waals surface area (Å²) in [7, 11) is 0. The average molecular weight is 230 g/mol. The number of amides is 1. The van der Waals surface area contributed by atoms with Gasteiger partial charge in [0.05, 0.1) is 6.10 Å². The molecule has 1 aliphatic rings. The SMILES string of the molecule is CCCCNC(=O)OCC1CNCC(C)O1. The van der Waals surface area contributed by atoms with Crippen molar-refractivity contribution in [3.05, 3.63) is 0 Å². The number of carbonyl (C=O) groups is 1. The van der Waals surface area contributed by atoms with Crippen LogP contribution in [0, 0.1) is 0 Å². The van der Waals surface area contributed by atoms with Gasteiger partial charge in [0.15, 0.2) is 0 Å². The van der Waals surface area contributed by atoms with Crippen molar-refractivity contribution in [2.24, 2.45) is 0 Å². The average Bonchev–Trinajstić information content (AvgIpc) is 2.27. The molecule has 0 radical (unpaired) electrons. The van der Waals surface area contributed by atoms with E-state index in [2.05, 4.69) is 17.6 Å². The van der Waals surface area contributed by atoms with E-state index in [1.807, 2.05) is 6.92 Å². The maximum atomic E-state index is 11.2. The van der Waals surface area contributed by atoms with Gasteiger partial charge in [-0.3, -0.25) is 0 Å². The Labute approximate surface area is 96.9 Å². The minimum Gasteiger partial charge on any atom is -0.447 e. The minimum absolute atomic E-state index is 0.0272. The van der Waals surface area contributed by atoms with Gasteiger partial charge in [0, 0.05) is 19.6 Å². The predicted octanol–water partition coefficient (Wildman–Crippen LogP) is 0.890. The molecule has 2 unspecified atom stereocenters. The van der Waals surface area contributed by atoms with E-state index in [9.17, 15) is 4.79 Å². The van der Waals surface area contributed by atoms with Crippen molar-refractivity contribution in [1.29, 1.82) is 0 Å². The number of hydrogen-bond acceptors (Lipinski definition) is 4. The van der Waals surface area contributed by atoms with E-state index in [1.165, 1.54) is 0 Å². The minimum atomic E-state index is -0.352. The lowest BCUT2D eigenvalue weighted by Gasteiger charge is -2.28. The van der Waals surface area contributed by atoms with Crippen molar-refractivity contribution in [2.75, 3.05) is 26.2 Å². The van der Waals surface area contributed by atoms with Gasteiger partial charge in [-0.05, 0) is 13.3 Å². The lowest BCUT2D eigenvalue weighted by Crippen LogP contribution is -2.46. The van der Waals surface area contributed by atoms with Crippen LogP contribution in [0.25, 0.3) is 0 Å². The van der Waals surface area contributed by atoms with Crippen molar-refractivity contribution < 1.29 is 14.3 Å². The number of ether oxygens (including phenoxy) is 2. The molecule has 2 N–H and O–H groups in total. The zero-order valence-corrected chi connectivity index (χ0v) is 10.1. The second-order valence-electron chi connectivity index (χ2n) is 4.11. The molecule has 0 aliphatic carbocycles. The number of unbranched alkanes of at least 4 members (excludes halogenated alkanes) is 1. The second kappa shape index (κ2) is 7.46. The molecule has 0 saturated carbocycles. The van der Waals surface area contributed by atoms with Crippen LogP contribution in [-0.2, 0) is 9.47 Å². The van der Waals surface area contributed by atoms with Crippen LogP contribution in [0.3, 0.4) is 0 Å². The van der Waals surface area contributed by atoms with E-state index >= 15 is 0 Å². The molecular formula is C11H22N2O3. The van der Waals surface area contributed by atoms with E-state index < -0.39 is 0 Å². The summed E-state index contributed by atoms with van der Waals surface area (Å²) in [6, 6.07) is 0. The first-order chi connectivity index (χ1) is 7.72. The summed E-state index contributed by atoms with van der Waals surface area (Å²) < 4.78 is 10.7. The lowest BCUT2D eigenvalue weighted by atomic mass is 10.2. The van der Waals surface area contributed by atoms with Crippen LogP contribution in [0.15, 0.2) is 0 Å². The highest BCUT2D eigenvalue weighted by Gasteiger charge is 2.19. The van der Waals surface area contributed by atoms with Crippen LogP contribution in [0.4, 0.5) is 4.79 Å². The first-order valence-electron chi connectivity index (χ1n) is 5.99. The van der Waals surface area contributed by atoms with E-state index in [-0.39, 0.29) is 18.3 Å². The summed E-state index contributed by atoms with van der Waals surface area (Å²) in [5, 5.41) is 5.92. The molecule has 1 heterocycles. The Morgan fingerprint density at radius 2 is 2.38 bits per heavy atom. The van der Waals surface area contributed by atoms with Crippen molar-refractivity contribution >= 4 is 6.09 Å². The fourth-order valence-electron chi connectivity index (χ4n) is 1.56. The summed E-state index contributed by atoms with van der Waals surface area (Å²) in [6.07, 6.45) is 1.85. The predicted molar refractivity (Wildman–Crippen MR) is 61.5 cm³/mol. The molecule has 1 amide bonds. The maximum absolute atomic E-state index is 11.2. The zero-order valence-electron chi connectivity index (χ0n) is 10.1. The Morgan fingerprint density at radius 1 is 1.56 bits per heavy atom. The van der Waals surface area contributed by atoms with Crippen LogP contribution in [0.5, 0.6) is 0 Å². The van der Waals surface area contributed by atoms with Crippen molar-refractivity contribution in [3.63, 3.8) is 0 Å². The largest absolute Gasteiger partial charge is 0.447 e. The number of rotatable bonds is 5. The van der Waals surface area contributed by atoms with Gasteiger partial charge in [0.25, 0.3) is 0 Å². The highest BCUT2D eigenvalue weighted by Crippen LogP contribution is 2.03. The van der Waals surface area contributed by atoms with Crippen LogP contribution in [-0.4, -0.2) is 44.5 Å². The van der Waals surface area contributed by atoms with Crippen LogP contribution in [0.1, 0.15) is 26.7 Å². The molecule has 16 heavy (non-hydrogen) atoms. The Kier molecular flexibility index (Phi) is 6.18. The highest BCUT2D eigenvalue weighted by molar-refractivity contribution is 5.67. The van der Waals surface area contributed by atoms with Gasteiger partial charge >= 0.3 is 6.09 Å². The normalized spacial score (nSPS) is 25.1. The molecule has 1 rings (SSSR count). The van der Waals surface area contributed by atoms with E-state index in [0.717, 1.165) is 25.9 Å². The van der Waals surface area contributed by atoms with Crippen molar-refractivity contribution in [3.8, 4) is 0 Å². The molecule has 1 fully saturated rings. The first-order valence-corrected chi connectivity index (χ1v) is 5.99. The molecule has 0 bridgehead atoms. The van der Waals surface area contributed by atoms with Crippen LogP contribution < -0.4 is 10.6 Å². The van der Waals surface area contributed by atoms with Gasteiger partial charge in [0.2, 0.25) is 0 Å². The quantitative estimate of drug-likeness (QED) is 0.689. The molecule has 5 nitrogen and oxygen atoms in total. The number of morpholine rings is 1. The van der Waals surface area contributed by atoms with Gasteiger partial charge in [0.1, 0.15) is 12.7 Å². The van der Waals surface area contributed by atoms with E-state index in [1.54, 1.807) is 0 Å². The molecular weight excluding hydrogens is 208 g/mol. The fraction of sp³-hybridized carbons (Fsp3) is 0.909. The smallest absolute Gasteiger partial charge is 0.407 e. The lowest BCUT2D eigenvalue weighted by molar-refractivity contribution is -0.0546. The van der Waals surface area contributed by atoms with Crippen molar-refractivity contribution in [1.82, 2.24) is 10.6 Å². The van der Waals surface area contributed by atoms with Gasteiger partial charge in [-0.2, -0.15) is 0 Å². The summed E-state index contributed by atoms with van der Waals surface area (Å²) in [5.41, 5.74) is 0. The molecule has 94 valence electrons. The van der Waals surface area contributed by atoms with E-state index in [0.29, 0.717) is 13.2 Å². The topological polar surface area (TPSA) is 59.6 Å².